The van der Waals surface area contributed by atoms with E-state index in [0.717, 1.165) is 39.3 Å². The van der Waals surface area contributed by atoms with Crippen LogP contribution in [0.5, 0.6) is 0 Å². The third-order valence-electron chi connectivity index (χ3n) is 4.19. The summed E-state index contributed by atoms with van der Waals surface area (Å²) in [6, 6.07) is -0.0118. The Bertz CT molecular complexity index is 364. The summed E-state index contributed by atoms with van der Waals surface area (Å²) in [4.78, 5) is 30.0. The lowest BCUT2D eigenvalue weighted by Crippen LogP contribution is -2.53. The first-order valence-electron chi connectivity index (χ1n) is 8.31. The molecule has 2 aliphatic heterocycles. The molecular weight excluding hydrogens is 284 g/mol. The van der Waals surface area contributed by atoms with Gasteiger partial charge in [-0.15, -0.1) is 0 Å². The standard InChI is InChI=1S/C15H28N4O3/c1-2-4-16-15(21)19-8-6-18(7-9-19)14(20)3-5-17-10-12-22-13-11-17/h2-13H2,1H3,(H,16,21). The van der Waals surface area contributed by atoms with E-state index in [2.05, 4.69) is 10.2 Å². The number of piperazine rings is 1. The second kappa shape index (κ2) is 8.95. The van der Waals surface area contributed by atoms with Crippen LogP contribution in [0.15, 0.2) is 0 Å². The topological polar surface area (TPSA) is 65.1 Å². The van der Waals surface area contributed by atoms with E-state index in [9.17, 15) is 9.59 Å². The van der Waals surface area contributed by atoms with Gasteiger partial charge in [-0.05, 0) is 6.42 Å². The van der Waals surface area contributed by atoms with Crippen LogP contribution < -0.4 is 5.32 Å². The van der Waals surface area contributed by atoms with Gasteiger partial charge in [0.25, 0.3) is 0 Å². The normalized spacial score (nSPS) is 20.0. The zero-order valence-corrected chi connectivity index (χ0v) is 13.6. The van der Waals surface area contributed by atoms with Crippen molar-refractivity contribution in [1.29, 1.82) is 0 Å². The third-order valence-corrected chi connectivity index (χ3v) is 4.19. The van der Waals surface area contributed by atoms with Gasteiger partial charge in [0.15, 0.2) is 0 Å². The predicted octanol–water partition coefficient (Wildman–Crippen LogP) is -0.0275. The Morgan fingerprint density at radius 1 is 1.00 bits per heavy atom. The van der Waals surface area contributed by atoms with Crippen molar-refractivity contribution in [2.45, 2.75) is 19.8 Å². The van der Waals surface area contributed by atoms with Crippen LogP contribution in [0, 0.1) is 0 Å². The molecule has 2 aliphatic rings. The quantitative estimate of drug-likeness (QED) is 0.774. The Labute approximate surface area is 132 Å². The van der Waals surface area contributed by atoms with E-state index < -0.39 is 0 Å². The Hall–Kier alpha value is -1.34. The van der Waals surface area contributed by atoms with Crippen LogP contribution in [0.2, 0.25) is 0 Å². The van der Waals surface area contributed by atoms with Crippen LogP contribution in [0.1, 0.15) is 19.8 Å². The number of nitrogens with zero attached hydrogens (tertiary/aromatic N) is 3. The number of nitrogens with one attached hydrogen (secondary N) is 1. The molecule has 0 atom stereocenters. The highest BCUT2D eigenvalue weighted by atomic mass is 16.5. The molecule has 0 aromatic heterocycles. The molecule has 0 bridgehead atoms. The molecule has 7 heteroatoms. The van der Waals surface area contributed by atoms with Crippen LogP contribution in [-0.2, 0) is 9.53 Å². The van der Waals surface area contributed by atoms with Crippen molar-refractivity contribution in [1.82, 2.24) is 20.0 Å². The summed E-state index contributed by atoms with van der Waals surface area (Å²) in [5, 5.41) is 2.88. The zero-order chi connectivity index (χ0) is 15.8. The third kappa shape index (κ3) is 5.14. The number of morpholine rings is 1. The van der Waals surface area contributed by atoms with Crippen LogP contribution >= 0.6 is 0 Å². The highest BCUT2D eigenvalue weighted by Crippen LogP contribution is 2.06. The number of rotatable bonds is 5. The zero-order valence-electron chi connectivity index (χ0n) is 13.6. The van der Waals surface area contributed by atoms with E-state index in [-0.39, 0.29) is 11.9 Å². The molecule has 7 nitrogen and oxygen atoms in total. The molecule has 2 saturated heterocycles. The number of carbonyl (C=O) groups is 2. The van der Waals surface area contributed by atoms with Crippen LogP contribution in [0.4, 0.5) is 4.79 Å². The van der Waals surface area contributed by atoms with Gasteiger partial charge in [0.05, 0.1) is 13.2 Å². The molecule has 0 aromatic rings. The van der Waals surface area contributed by atoms with Gasteiger partial charge in [0.1, 0.15) is 0 Å². The highest BCUT2D eigenvalue weighted by Gasteiger charge is 2.24. The van der Waals surface area contributed by atoms with Gasteiger partial charge < -0.3 is 19.9 Å². The Morgan fingerprint density at radius 2 is 1.64 bits per heavy atom. The van der Waals surface area contributed by atoms with Crippen molar-refractivity contribution >= 4 is 11.9 Å². The largest absolute Gasteiger partial charge is 0.379 e. The van der Waals surface area contributed by atoms with Gasteiger partial charge in [-0.3, -0.25) is 9.69 Å². The van der Waals surface area contributed by atoms with Crippen molar-refractivity contribution in [3.8, 4) is 0 Å². The Morgan fingerprint density at radius 3 is 2.27 bits per heavy atom. The fourth-order valence-corrected chi connectivity index (χ4v) is 2.74. The van der Waals surface area contributed by atoms with Crippen molar-refractivity contribution in [2.24, 2.45) is 0 Å². The lowest BCUT2D eigenvalue weighted by Gasteiger charge is -2.35. The molecule has 22 heavy (non-hydrogen) atoms. The van der Waals surface area contributed by atoms with E-state index >= 15 is 0 Å². The van der Waals surface area contributed by atoms with Crippen molar-refractivity contribution in [3.63, 3.8) is 0 Å². The van der Waals surface area contributed by atoms with Gasteiger partial charge in [0, 0.05) is 58.8 Å². The van der Waals surface area contributed by atoms with Crippen LogP contribution in [0.25, 0.3) is 0 Å². The monoisotopic (exact) mass is 312 g/mol. The SMILES string of the molecule is CCCNC(=O)N1CCN(C(=O)CCN2CCOCC2)CC1. The molecule has 2 heterocycles. The van der Waals surface area contributed by atoms with Crippen LogP contribution in [-0.4, -0.2) is 92.2 Å². The van der Waals surface area contributed by atoms with Gasteiger partial charge in [-0.2, -0.15) is 0 Å². The molecule has 0 radical (unpaired) electrons. The molecule has 0 aromatic carbocycles. The van der Waals surface area contributed by atoms with E-state index in [1.54, 1.807) is 4.90 Å². The first kappa shape index (κ1) is 17.0. The minimum atomic E-state index is -0.0118. The maximum absolute atomic E-state index is 12.2. The Balaban J connectivity index is 1.65. The maximum Gasteiger partial charge on any atom is 0.317 e. The van der Waals surface area contributed by atoms with Crippen molar-refractivity contribution in [3.05, 3.63) is 0 Å². The summed E-state index contributed by atoms with van der Waals surface area (Å²) in [5.74, 6) is 0.195. The van der Waals surface area contributed by atoms with Crippen molar-refractivity contribution < 1.29 is 14.3 Å². The predicted molar refractivity (Wildman–Crippen MR) is 83.7 cm³/mol. The first-order chi connectivity index (χ1) is 10.7. The molecule has 126 valence electrons. The maximum atomic E-state index is 12.2. The summed E-state index contributed by atoms with van der Waals surface area (Å²) in [7, 11) is 0. The fraction of sp³-hybridized carbons (Fsp3) is 0.867. The summed E-state index contributed by atoms with van der Waals surface area (Å²) >= 11 is 0. The molecule has 2 fully saturated rings. The van der Waals surface area contributed by atoms with E-state index in [1.165, 1.54) is 0 Å². The Kier molecular flexibility index (Phi) is 6.92. The van der Waals surface area contributed by atoms with E-state index in [0.29, 0.717) is 39.1 Å². The number of carbonyl (C=O) groups excluding carboxylic acids is 2. The minimum absolute atomic E-state index is 0.0118. The smallest absolute Gasteiger partial charge is 0.317 e. The molecular formula is C15H28N4O3. The molecule has 1 N–H and O–H groups in total. The number of hydrogen-bond acceptors (Lipinski definition) is 4. The molecule has 0 saturated carbocycles. The van der Waals surface area contributed by atoms with Crippen LogP contribution in [0.3, 0.4) is 0 Å². The fourth-order valence-electron chi connectivity index (χ4n) is 2.74. The molecule has 2 rings (SSSR count). The summed E-state index contributed by atoms with van der Waals surface area (Å²) in [6.07, 6.45) is 1.49. The summed E-state index contributed by atoms with van der Waals surface area (Å²) in [5.41, 5.74) is 0. The second-order valence-corrected chi connectivity index (χ2v) is 5.80. The number of ether oxygens (including phenoxy) is 1. The van der Waals surface area contributed by atoms with Gasteiger partial charge in [-0.1, -0.05) is 6.92 Å². The lowest BCUT2D eigenvalue weighted by atomic mass is 10.2. The van der Waals surface area contributed by atoms with E-state index in [4.69, 9.17) is 4.74 Å². The summed E-state index contributed by atoms with van der Waals surface area (Å²) < 4.78 is 5.30. The number of urea groups is 1. The van der Waals surface area contributed by atoms with Gasteiger partial charge in [-0.25, -0.2) is 4.79 Å². The first-order valence-corrected chi connectivity index (χ1v) is 8.31. The molecule has 0 spiro atoms. The molecule has 0 unspecified atom stereocenters. The molecule has 0 aliphatic carbocycles. The van der Waals surface area contributed by atoms with Gasteiger partial charge in [0.2, 0.25) is 5.91 Å². The highest BCUT2D eigenvalue weighted by molar-refractivity contribution is 5.77. The average Bonchev–Trinajstić information content (AvgIpc) is 2.58. The van der Waals surface area contributed by atoms with E-state index in [1.807, 2.05) is 11.8 Å². The lowest BCUT2D eigenvalue weighted by molar-refractivity contribution is -0.133. The average molecular weight is 312 g/mol. The minimum Gasteiger partial charge on any atom is -0.379 e. The second-order valence-electron chi connectivity index (χ2n) is 5.80. The van der Waals surface area contributed by atoms with Crippen molar-refractivity contribution in [2.75, 3.05) is 65.6 Å². The summed E-state index contributed by atoms with van der Waals surface area (Å²) in [6.45, 7) is 9.43. The van der Waals surface area contributed by atoms with Gasteiger partial charge >= 0.3 is 6.03 Å². The molecule has 3 amide bonds. The number of hydrogen-bond donors (Lipinski definition) is 1. The number of amides is 3.